The van der Waals surface area contributed by atoms with Crippen LogP contribution in [0.2, 0.25) is 0 Å². The van der Waals surface area contributed by atoms with Crippen LogP contribution in [0.5, 0.6) is 5.75 Å². The Morgan fingerprint density at radius 3 is 2.70 bits per heavy atom. The van der Waals surface area contributed by atoms with Gasteiger partial charge in [-0.25, -0.2) is 8.78 Å². The van der Waals surface area contributed by atoms with Gasteiger partial charge in [0.05, 0.1) is 12.2 Å². The minimum atomic E-state index is -0.943. The number of aromatic nitrogens is 1. The average molecular weight is 461 g/mol. The first-order valence-corrected chi connectivity index (χ1v) is 10.8. The summed E-state index contributed by atoms with van der Waals surface area (Å²) in [5.41, 5.74) is -1.27. The Bertz CT molecular complexity index is 1170. The predicted molar refractivity (Wildman–Crippen MR) is 115 cm³/mol. The van der Waals surface area contributed by atoms with Crippen LogP contribution in [0.3, 0.4) is 0 Å². The lowest BCUT2D eigenvalue weighted by atomic mass is 10.0. The topological polar surface area (TPSA) is 92.1 Å². The Balaban J connectivity index is 1.68. The van der Waals surface area contributed by atoms with E-state index >= 15 is 0 Å². The number of rotatable bonds is 7. The third kappa shape index (κ3) is 3.99. The van der Waals surface area contributed by atoms with E-state index < -0.39 is 34.5 Å². The van der Waals surface area contributed by atoms with Crippen molar-refractivity contribution in [2.75, 3.05) is 31.8 Å². The largest absolute Gasteiger partial charge is 0.502 e. The normalized spacial score (nSPS) is 19.6. The first kappa shape index (κ1) is 22.9. The number of hydrogen-bond donors (Lipinski definition) is 1. The lowest BCUT2D eigenvalue weighted by Gasteiger charge is -2.42. The zero-order chi connectivity index (χ0) is 23.9. The number of benzene rings is 1. The van der Waals surface area contributed by atoms with E-state index in [9.17, 15) is 28.3 Å². The summed E-state index contributed by atoms with van der Waals surface area (Å²) in [4.78, 5) is 40.3. The van der Waals surface area contributed by atoms with Crippen LogP contribution in [0, 0.1) is 17.6 Å². The molecule has 0 aliphatic carbocycles. The van der Waals surface area contributed by atoms with Crippen LogP contribution in [-0.4, -0.2) is 59.3 Å². The first-order chi connectivity index (χ1) is 15.8. The van der Waals surface area contributed by atoms with Crippen LogP contribution in [0.15, 0.2) is 29.2 Å². The molecule has 0 saturated carbocycles. The number of fused-ring (bicyclic) bond motifs is 3. The molecule has 0 radical (unpaired) electrons. The van der Waals surface area contributed by atoms with Crippen molar-refractivity contribution in [3.8, 4) is 5.75 Å². The number of carbonyl (C=O) groups is 2. The van der Waals surface area contributed by atoms with E-state index in [1.807, 2.05) is 11.9 Å². The van der Waals surface area contributed by atoms with Gasteiger partial charge in [0.2, 0.25) is 5.43 Å². The number of nitrogens with zero attached hydrogens (tertiary/aromatic N) is 3. The minimum absolute atomic E-state index is 0.0440. The summed E-state index contributed by atoms with van der Waals surface area (Å²) in [7, 11) is 1.59. The molecule has 2 aliphatic heterocycles. The zero-order valence-electron chi connectivity index (χ0n) is 18.4. The van der Waals surface area contributed by atoms with Gasteiger partial charge >= 0.3 is 0 Å². The molecule has 10 heteroatoms. The maximum absolute atomic E-state index is 13.9. The van der Waals surface area contributed by atoms with Crippen molar-refractivity contribution in [1.29, 1.82) is 0 Å². The number of aryl methyl sites for hydroxylation is 1. The van der Waals surface area contributed by atoms with Gasteiger partial charge in [-0.05, 0) is 31.4 Å². The van der Waals surface area contributed by atoms with Gasteiger partial charge in [0.15, 0.2) is 17.2 Å². The van der Waals surface area contributed by atoms with Gasteiger partial charge in [0, 0.05) is 44.8 Å². The number of halogens is 2. The van der Waals surface area contributed by atoms with Gasteiger partial charge in [0.25, 0.3) is 5.91 Å². The van der Waals surface area contributed by atoms with Crippen molar-refractivity contribution >= 4 is 11.7 Å². The predicted octanol–water partition coefficient (Wildman–Crippen LogP) is 2.05. The molecule has 1 amide bonds. The van der Waals surface area contributed by atoms with Crippen LogP contribution in [0.1, 0.15) is 46.2 Å². The molecule has 1 saturated heterocycles. The third-order valence-corrected chi connectivity index (χ3v) is 6.28. The second kappa shape index (κ2) is 8.93. The van der Waals surface area contributed by atoms with Gasteiger partial charge < -0.3 is 14.7 Å². The first-order valence-electron chi connectivity index (χ1n) is 10.8. The molecule has 1 fully saturated rings. The highest BCUT2D eigenvalue weighted by Crippen LogP contribution is 2.32. The van der Waals surface area contributed by atoms with E-state index in [1.165, 1.54) is 16.9 Å². The standard InChI is InChI=1S/C23H25F2N3O5/c1-3-26-19-8-13(12-33-2)10-27(19)28-11-16(21(30)22(31)20(28)23(26)32)18(29)7-5-14-4-6-15(24)9-17(14)25/h4,6,9,11,13,19,31H,3,5,7-8,10,12H2,1-2H3/t13-,19+/m1/s1. The Morgan fingerprint density at radius 1 is 1.27 bits per heavy atom. The highest BCUT2D eigenvalue weighted by Gasteiger charge is 2.45. The van der Waals surface area contributed by atoms with Gasteiger partial charge in [0.1, 0.15) is 17.8 Å². The minimum Gasteiger partial charge on any atom is -0.502 e. The molecule has 0 spiro atoms. The molecule has 0 bridgehead atoms. The number of pyridine rings is 1. The Morgan fingerprint density at radius 2 is 2.03 bits per heavy atom. The maximum atomic E-state index is 13.9. The van der Waals surface area contributed by atoms with Gasteiger partial charge in [-0.1, -0.05) is 6.07 Å². The summed E-state index contributed by atoms with van der Waals surface area (Å²) in [6.07, 6.45) is 1.37. The van der Waals surface area contributed by atoms with Crippen molar-refractivity contribution in [2.45, 2.75) is 32.4 Å². The van der Waals surface area contributed by atoms with Crippen LogP contribution < -0.4 is 10.4 Å². The molecule has 1 aromatic heterocycles. The molecular formula is C23H25F2N3O5. The molecule has 1 N–H and O–H groups in total. The Hall–Kier alpha value is -3.27. The number of amides is 1. The van der Waals surface area contributed by atoms with Crippen LogP contribution >= 0.6 is 0 Å². The molecule has 2 atom stereocenters. The summed E-state index contributed by atoms with van der Waals surface area (Å²) in [5.74, 6) is -3.26. The van der Waals surface area contributed by atoms with E-state index in [0.29, 0.717) is 26.1 Å². The molecule has 4 rings (SSSR count). The summed E-state index contributed by atoms with van der Waals surface area (Å²) in [6, 6.07) is 3.07. The fraction of sp³-hybridized carbons (Fsp3) is 0.435. The molecule has 3 heterocycles. The van der Waals surface area contributed by atoms with E-state index in [2.05, 4.69) is 0 Å². The lowest BCUT2D eigenvalue weighted by Crippen LogP contribution is -2.58. The third-order valence-electron chi connectivity index (χ3n) is 6.28. The fourth-order valence-electron chi connectivity index (χ4n) is 4.68. The molecule has 1 aromatic carbocycles. The summed E-state index contributed by atoms with van der Waals surface area (Å²) >= 11 is 0. The zero-order valence-corrected chi connectivity index (χ0v) is 18.4. The van der Waals surface area contributed by atoms with E-state index in [0.717, 1.165) is 12.1 Å². The number of ether oxygens (including phenoxy) is 1. The lowest BCUT2D eigenvalue weighted by molar-refractivity contribution is 0.0598. The van der Waals surface area contributed by atoms with E-state index in [4.69, 9.17) is 4.74 Å². The molecular weight excluding hydrogens is 436 g/mol. The molecule has 2 aromatic rings. The van der Waals surface area contributed by atoms with Crippen molar-refractivity contribution in [3.05, 3.63) is 63.1 Å². The van der Waals surface area contributed by atoms with E-state index in [1.54, 1.807) is 12.0 Å². The smallest absolute Gasteiger partial charge is 0.278 e. The van der Waals surface area contributed by atoms with Gasteiger partial charge in [-0.3, -0.25) is 24.1 Å². The average Bonchev–Trinajstić information content (AvgIpc) is 3.19. The van der Waals surface area contributed by atoms with Crippen molar-refractivity contribution in [3.63, 3.8) is 0 Å². The molecule has 2 aliphatic rings. The Kier molecular flexibility index (Phi) is 6.20. The highest BCUT2D eigenvalue weighted by molar-refractivity contribution is 6.00. The molecule has 33 heavy (non-hydrogen) atoms. The number of Topliss-reactive ketones (excluding diaryl/α,β-unsaturated/α-hetero) is 1. The Labute approximate surface area is 188 Å². The van der Waals surface area contributed by atoms with Crippen molar-refractivity contribution < 1.29 is 28.2 Å². The second-order valence-corrected chi connectivity index (χ2v) is 8.32. The van der Waals surface area contributed by atoms with Gasteiger partial charge in [-0.15, -0.1) is 0 Å². The number of ketones is 1. The van der Waals surface area contributed by atoms with Crippen molar-refractivity contribution in [2.24, 2.45) is 5.92 Å². The van der Waals surface area contributed by atoms with Crippen LogP contribution in [0.25, 0.3) is 0 Å². The summed E-state index contributed by atoms with van der Waals surface area (Å²) < 4.78 is 33.7. The quantitative estimate of drug-likeness (QED) is 0.635. The number of aromatic hydroxyl groups is 1. The number of methoxy groups -OCH3 is 1. The summed E-state index contributed by atoms with van der Waals surface area (Å²) in [5, 5.41) is 12.5. The summed E-state index contributed by atoms with van der Waals surface area (Å²) in [6.45, 7) is 3.19. The van der Waals surface area contributed by atoms with Crippen LogP contribution in [0.4, 0.5) is 8.78 Å². The molecule has 0 unspecified atom stereocenters. The fourth-order valence-corrected chi connectivity index (χ4v) is 4.68. The number of carbonyl (C=O) groups excluding carboxylic acids is 2. The van der Waals surface area contributed by atoms with E-state index in [-0.39, 0.29) is 41.7 Å². The maximum Gasteiger partial charge on any atom is 0.278 e. The highest BCUT2D eigenvalue weighted by atomic mass is 19.1. The van der Waals surface area contributed by atoms with Crippen molar-refractivity contribution in [1.82, 2.24) is 9.58 Å². The monoisotopic (exact) mass is 461 g/mol. The van der Waals surface area contributed by atoms with Crippen LogP contribution in [-0.2, 0) is 11.2 Å². The molecule has 176 valence electrons. The second-order valence-electron chi connectivity index (χ2n) is 8.32. The SMILES string of the molecule is CCN1C(=O)c2c(O)c(=O)c(C(=O)CCc3ccc(F)cc3F)cn2N2C[C@H](COC)C[C@@H]12. The number of hydrogen-bond acceptors (Lipinski definition) is 6. The van der Waals surface area contributed by atoms with Gasteiger partial charge in [-0.2, -0.15) is 0 Å². The molecule has 8 nitrogen and oxygen atoms in total.